The van der Waals surface area contributed by atoms with E-state index in [2.05, 4.69) is 10.4 Å². The fraction of sp³-hybridized carbons (Fsp3) is 0.292. The SMILES string of the molecule is CCC1(C(=O)O)CC(C(=O)NCc2cccc(Cl)c2F)N1C(=O)Cn1nc(C(N)=O)c2ccccc21. The number of likely N-dealkylation sites (tertiary alicyclic amines) is 1. The summed E-state index contributed by atoms with van der Waals surface area (Å²) < 4.78 is 15.5. The molecule has 2 aromatic carbocycles. The molecule has 4 N–H and O–H groups in total. The van der Waals surface area contributed by atoms with Gasteiger partial charge in [0.15, 0.2) is 5.69 Å². The molecule has 1 saturated heterocycles. The molecule has 3 aromatic rings. The molecule has 0 radical (unpaired) electrons. The second kappa shape index (κ2) is 9.57. The van der Waals surface area contributed by atoms with E-state index in [9.17, 15) is 28.7 Å². The van der Waals surface area contributed by atoms with Crippen molar-refractivity contribution in [1.82, 2.24) is 20.0 Å². The van der Waals surface area contributed by atoms with E-state index in [4.69, 9.17) is 17.3 Å². The van der Waals surface area contributed by atoms with E-state index in [1.54, 1.807) is 31.2 Å². The van der Waals surface area contributed by atoms with E-state index < -0.39 is 47.6 Å². The van der Waals surface area contributed by atoms with Gasteiger partial charge in [0.1, 0.15) is 23.9 Å². The van der Waals surface area contributed by atoms with Crippen LogP contribution in [0.1, 0.15) is 35.8 Å². The van der Waals surface area contributed by atoms with Crippen LogP contribution in [-0.4, -0.2) is 55.1 Å². The lowest BCUT2D eigenvalue weighted by Crippen LogP contribution is -2.74. The number of carbonyl (C=O) groups excluding carboxylic acids is 3. The summed E-state index contributed by atoms with van der Waals surface area (Å²) in [5.41, 5.74) is 4.40. The smallest absolute Gasteiger partial charge is 0.329 e. The minimum absolute atomic E-state index is 0.0279. The molecular weight excluding hydrogens is 493 g/mol. The van der Waals surface area contributed by atoms with E-state index >= 15 is 0 Å². The standard InChI is InChI=1S/C24H23ClFN5O5/c1-2-24(23(35)36)10-17(22(34)28-11-13-6-5-8-15(25)19(13)26)31(24)18(32)12-30-16-9-4-3-7-14(16)20(29-30)21(27)33/h3-9,17H,2,10-12H2,1H3,(H2,27,33)(H,28,34)(H,35,36). The summed E-state index contributed by atoms with van der Waals surface area (Å²) in [7, 11) is 0. The van der Waals surface area contributed by atoms with Crippen molar-refractivity contribution in [2.45, 2.75) is 44.4 Å². The number of carboxylic acid groups (broad SMARTS) is 1. The first-order valence-corrected chi connectivity index (χ1v) is 11.5. The number of rotatable bonds is 8. The topological polar surface area (TPSA) is 148 Å². The molecule has 1 aromatic heterocycles. The number of primary amides is 1. The average Bonchev–Trinajstić information content (AvgIpc) is 3.18. The molecule has 0 saturated carbocycles. The van der Waals surface area contributed by atoms with Crippen molar-refractivity contribution in [2.75, 3.05) is 0 Å². The lowest BCUT2D eigenvalue weighted by molar-refractivity contribution is -0.183. The molecule has 12 heteroatoms. The zero-order valence-electron chi connectivity index (χ0n) is 19.2. The first-order chi connectivity index (χ1) is 17.1. The molecule has 3 amide bonds. The third-order valence-corrected chi connectivity index (χ3v) is 6.81. The van der Waals surface area contributed by atoms with Crippen molar-refractivity contribution in [3.05, 3.63) is 64.6 Å². The van der Waals surface area contributed by atoms with E-state index in [1.165, 1.54) is 22.9 Å². The molecule has 188 valence electrons. The summed E-state index contributed by atoms with van der Waals surface area (Å²) in [6, 6.07) is 9.93. The minimum atomic E-state index is -1.59. The van der Waals surface area contributed by atoms with Crippen LogP contribution < -0.4 is 11.1 Å². The van der Waals surface area contributed by atoms with Crippen LogP contribution in [0.5, 0.6) is 0 Å². The molecule has 4 rings (SSSR count). The summed E-state index contributed by atoms with van der Waals surface area (Å²) in [6.45, 7) is 0.996. The number of para-hydroxylation sites is 1. The fourth-order valence-electron chi connectivity index (χ4n) is 4.59. The van der Waals surface area contributed by atoms with Gasteiger partial charge in [-0.3, -0.25) is 19.1 Å². The summed E-state index contributed by atoms with van der Waals surface area (Å²) >= 11 is 5.78. The zero-order chi connectivity index (χ0) is 26.2. The van der Waals surface area contributed by atoms with Crippen molar-refractivity contribution in [1.29, 1.82) is 0 Å². The number of nitrogens with two attached hydrogens (primary N) is 1. The molecular formula is C24H23ClFN5O5. The van der Waals surface area contributed by atoms with Crippen LogP contribution in [-0.2, 0) is 27.5 Å². The molecule has 10 nitrogen and oxygen atoms in total. The Balaban J connectivity index is 1.60. The predicted molar refractivity (Wildman–Crippen MR) is 127 cm³/mol. The number of benzene rings is 2. The summed E-state index contributed by atoms with van der Waals surface area (Å²) in [5.74, 6) is -4.00. The van der Waals surface area contributed by atoms with Gasteiger partial charge >= 0.3 is 5.97 Å². The number of aromatic nitrogens is 2. The number of hydrogen-bond acceptors (Lipinski definition) is 5. The predicted octanol–water partition coefficient (Wildman–Crippen LogP) is 2.08. The molecule has 0 spiro atoms. The average molecular weight is 516 g/mol. The van der Waals surface area contributed by atoms with Crippen molar-refractivity contribution in [2.24, 2.45) is 5.73 Å². The molecule has 1 aliphatic rings. The lowest BCUT2D eigenvalue weighted by Gasteiger charge is -2.54. The molecule has 2 atom stereocenters. The largest absolute Gasteiger partial charge is 0.479 e. The molecule has 0 bridgehead atoms. The number of nitrogens with one attached hydrogen (secondary N) is 1. The van der Waals surface area contributed by atoms with E-state index in [0.29, 0.717) is 10.9 Å². The van der Waals surface area contributed by atoms with Crippen LogP contribution in [0.3, 0.4) is 0 Å². The number of carbonyl (C=O) groups is 4. The monoisotopic (exact) mass is 515 g/mol. The zero-order valence-corrected chi connectivity index (χ0v) is 20.0. The maximum atomic E-state index is 14.2. The van der Waals surface area contributed by atoms with Gasteiger partial charge in [-0.1, -0.05) is 48.9 Å². The highest BCUT2D eigenvalue weighted by atomic mass is 35.5. The second-order valence-electron chi connectivity index (χ2n) is 8.49. The summed E-state index contributed by atoms with van der Waals surface area (Å²) in [6.07, 6.45) is -0.0476. The van der Waals surface area contributed by atoms with Gasteiger partial charge in [-0.25, -0.2) is 9.18 Å². The quantitative estimate of drug-likeness (QED) is 0.418. The highest BCUT2D eigenvalue weighted by Crippen LogP contribution is 2.40. The Labute approximate surface area is 209 Å². The molecule has 1 fully saturated rings. The van der Waals surface area contributed by atoms with Crippen LogP contribution in [0, 0.1) is 5.82 Å². The highest BCUT2D eigenvalue weighted by Gasteiger charge is 2.60. The number of halogens is 2. The Hall–Kier alpha value is -3.99. The van der Waals surface area contributed by atoms with E-state index in [1.807, 2.05) is 0 Å². The van der Waals surface area contributed by atoms with Gasteiger partial charge in [-0.2, -0.15) is 5.10 Å². The number of hydrogen-bond donors (Lipinski definition) is 3. The molecule has 2 heterocycles. The number of nitrogens with zero attached hydrogens (tertiary/aromatic N) is 3. The number of fused-ring (bicyclic) bond motifs is 1. The third kappa shape index (κ3) is 4.15. The Morgan fingerprint density at radius 3 is 2.61 bits per heavy atom. The van der Waals surface area contributed by atoms with Crippen LogP contribution in [0.15, 0.2) is 42.5 Å². The normalized spacial score (nSPS) is 19.1. The maximum Gasteiger partial charge on any atom is 0.329 e. The summed E-state index contributed by atoms with van der Waals surface area (Å²) in [5, 5.41) is 17.0. The second-order valence-corrected chi connectivity index (χ2v) is 8.90. The van der Waals surface area contributed by atoms with Gasteiger partial charge < -0.3 is 21.1 Å². The van der Waals surface area contributed by atoms with Gasteiger partial charge in [-0.05, 0) is 18.6 Å². The molecule has 36 heavy (non-hydrogen) atoms. The number of aliphatic carboxylic acids is 1. The Bertz CT molecular complexity index is 1390. The van der Waals surface area contributed by atoms with Crippen molar-refractivity contribution in [3.63, 3.8) is 0 Å². The minimum Gasteiger partial charge on any atom is -0.479 e. The van der Waals surface area contributed by atoms with Crippen molar-refractivity contribution < 1.29 is 28.7 Å². The van der Waals surface area contributed by atoms with Gasteiger partial charge in [0, 0.05) is 23.9 Å². The third-order valence-electron chi connectivity index (χ3n) is 6.52. The maximum absolute atomic E-state index is 14.2. The molecule has 2 unspecified atom stereocenters. The summed E-state index contributed by atoms with van der Waals surface area (Å²) in [4.78, 5) is 51.4. The lowest BCUT2D eigenvalue weighted by atomic mass is 9.75. The Kier molecular flexibility index (Phi) is 6.68. The van der Waals surface area contributed by atoms with Crippen molar-refractivity contribution in [3.8, 4) is 0 Å². The molecule has 0 aliphatic carbocycles. The van der Waals surface area contributed by atoms with Crippen LogP contribution in [0.4, 0.5) is 4.39 Å². The van der Waals surface area contributed by atoms with E-state index in [0.717, 1.165) is 4.90 Å². The van der Waals surface area contributed by atoms with Gasteiger partial charge in [0.05, 0.1) is 10.5 Å². The van der Waals surface area contributed by atoms with Crippen molar-refractivity contribution >= 4 is 46.2 Å². The Morgan fingerprint density at radius 2 is 1.94 bits per heavy atom. The van der Waals surface area contributed by atoms with Crippen LogP contribution >= 0.6 is 11.6 Å². The first-order valence-electron chi connectivity index (χ1n) is 11.1. The number of amides is 3. The van der Waals surface area contributed by atoms with Crippen LogP contribution in [0.25, 0.3) is 10.9 Å². The van der Waals surface area contributed by atoms with Gasteiger partial charge in [0.2, 0.25) is 11.8 Å². The van der Waals surface area contributed by atoms with Gasteiger partial charge in [0.25, 0.3) is 5.91 Å². The highest BCUT2D eigenvalue weighted by molar-refractivity contribution is 6.30. The van der Waals surface area contributed by atoms with Gasteiger partial charge in [-0.15, -0.1) is 0 Å². The fourth-order valence-corrected chi connectivity index (χ4v) is 4.79. The number of carboxylic acids is 1. The first kappa shape index (κ1) is 25.1. The Morgan fingerprint density at radius 1 is 1.22 bits per heavy atom. The molecule has 1 aliphatic heterocycles. The van der Waals surface area contributed by atoms with Crippen LogP contribution in [0.2, 0.25) is 5.02 Å². The van der Waals surface area contributed by atoms with E-state index in [-0.39, 0.29) is 35.7 Å².